The normalized spacial score (nSPS) is 22.1. The highest BCUT2D eigenvalue weighted by Gasteiger charge is 2.23. The highest BCUT2D eigenvalue weighted by Crippen LogP contribution is 2.04. The fourth-order valence-electron chi connectivity index (χ4n) is 1.45. The number of aliphatic hydroxyl groups excluding tert-OH is 1. The number of nitrogens with one attached hydrogen (secondary N) is 2. The maximum atomic E-state index is 11.4. The van der Waals surface area contributed by atoms with Gasteiger partial charge in [-0.1, -0.05) is 0 Å². The number of hydrogen-bond acceptors (Lipinski definition) is 5. The second-order valence-corrected chi connectivity index (χ2v) is 3.43. The van der Waals surface area contributed by atoms with Crippen molar-refractivity contribution in [1.82, 2.24) is 10.6 Å². The van der Waals surface area contributed by atoms with Crippen LogP contribution in [0.3, 0.4) is 0 Å². The van der Waals surface area contributed by atoms with Crippen LogP contribution in [0, 0.1) is 0 Å². The van der Waals surface area contributed by atoms with E-state index in [-0.39, 0.29) is 18.5 Å². The molecule has 1 rings (SSSR count). The summed E-state index contributed by atoms with van der Waals surface area (Å²) in [7, 11) is 1.19. The molecule has 0 aromatic rings. The Labute approximate surface area is 88.0 Å². The van der Waals surface area contributed by atoms with E-state index in [4.69, 9.17) is 0 Å². The molecule has 1 heterocycles. The molecule has 6 heteroatoms. The Bertz CT molecular complexity index is 238. The Morgan fingerprint density at radius 2 is 2.40 bits per heavy atom. The van der Waals surface area contributed by atoms with Gasteiger partial charge in [0.1, 0.15) is 0 Å². The predicted octanol–water partition coefficient (Wildman–Crippen LogP) is -1.61. The predicted molar refractivity (Wildman–Crippen MR) is 52.1 cm³/mol. The van der Waals surface area contributed by atoms with Crippen molar-refractivity contribution in [2.24, 2.45) is 0 Å². The number of aliphatic hydroxyl groups is 1. The molecule has 0 bridgehead atoms. The first-order valence-electron chi connectivity index (χ1n) is 4.92. The summed E-state index contributed by atoms with van der Waals surface area (Å²) < 4.78 is 4.31. The lowest BCUT2D eigenvalue weighted by Gasteiger charge is -2.13. The minimum Gasteiger partial charge on any atom is -0.467 e. The molecule has 0 aromatic carbocycles. The summed E-state index contributed by atoms with van der Waals surface area (Å²) in [6, 6.07) is -0.199. The minimum atomic E-state index is -1.29. The van der Waals surface area contributed by atoms with Gasteiger partial charge < -0.3 is 20.5 Å². The Hall–Kier alpha value is -1.14. The summed E-state index contributed by atoms with van der Waals surface area (Å²) in [5.74, 6) is -0.926. The Balaban J connectivity index is 2.24. The average Bonchev–Trinajstić information content (AvgIpc) is 2.77. The van der Waals surface area contributed by atoms with E-state index in [1.165, 1.54) is 7.11 Å². The average molecular weight is 216 g/mol. The van der Waals surface area contributed by atoms with Gasteiger partial charge >= 0.3 is 5.97 Å². The van der Waals surface area contributed by atoms with Crippen LogP contribution < -0.4 is 10.6 Å². The van der Waals surface area contributed by atoms with Crippen LogP contribution in [-0.2, 0) is 14.3 Å². The van der Waals surface area contributed by atoms with Gasteiger partial charge in [0.2, 0.25) is 5.91 Å². The van der Waals surface area contributed by atoms with Crippen LogP contribution in [0.1, 0.15) is 12.8 Å². The first kappa shape index (κ1) is 11.9. The molecule has 0 aromatic heterocycles. The van der Waals surface area contributed by atoms with E-state index in [9.17, 15) is 14.7 Å². The molecular weight excluding hydrogens is 200 g/mol. The highest BCUT2D eigenvalue weighted by atomic mass is 16.5. The van der Waals surface area contributed by atoms with Gasteiger partial charge in [-0.25, -0.2) is 4.79 Å². The zero-order valence-corrected chi connectivity index (χ0v) is 8.66. The van der Waals surface area contributed by atoms with Crippen LogP contribution in [0.2, 0.25) is 0 Å². The Morgan fingerprint density at radius 3 is 2.93 bits per heavy atom. The van der Waals surface area contributed by atoms with Crippen molar-refractivity contribution >= 4 is 11.9 Å². The van der Waals surface area contributed by atoms with Gasteiger partial charge in [-0.05, 0) is 19.4 Å². The Morgan fingerprint density at radius 1 is 1.67 bits per heavy atom. The van der Waals surface area contributed by atoms with Gasteiger partial charge in [0.05, 0.1) is 19.7 Å². The SMILES string of the molecule is COC(=O)C(O)CNC(=O)[C@@H]1CCCN1. The molecule has 1 amide bonds. The lowest BCUT2D eigenvalue weighted by atomic mass is 10.2. The van der Waals surface area contributed by atoms with Crippen LogP contribution in [-0.4, -0.2) is 49.3 Å². The van der Waals surface area contributed by atoms with Crippen molar-refractivity contribution in [2.75, 3.05) is 20.2 Å². The van der Waals surface area contributed by atoms with Crippen molar-refractivity contribution < 1.29 is 19.4 Å². The highest BCUT2D eigenvalue weighted by molar-refractivity contribution is 5.83. The molecule has 2 atom stereocenters. The number of carbonyl (C=O) groups excluding carboxylic acids is 2. The number of carbonyl (C=O) groups is 2. The number of hydrogen-bond donors (Lipinski definition) is 3. The Kier molecular flexibility index (Phi) is 4.51. The first-order valence-corrected chi connectivity index (χ1v) is 4.92. The zero-order valence-electron chi connectivity index (χ0n) is 8.66. The molecule has 1 aliphatic rings. The summed E-state index contributed by atoms with van der Waals surface area (Å²) >= 11 is 0. The third kappa shape index (κ3) is 3.49. The topological polar surface area (TPSA) is 87.7 Å². The maximum Gasteiger partial charge on any atom is 0.336 e. The molecule has 1 fully saturated rings. The molecule has 1 saturated heterocycles. The third-order valence-corrected chi connectivity index (χ3v) is 2.32. The molecule has 0 radical (unpaired) electrons. The largest absolute Gasteiger partial charge is 0.467 e. The fourth-order valence-corrected chi connectivity index (χ4v) is 1.45. The molecule has 3 N–H and O–H groups in total. The zero-order chi connectivity index (χ0) is 11.3. The van der Waals surface area contributed by atoms with Crippen molar-refractivity contribution in [2.45, 2.75) is 25.0 Å². The summed E-state index contributed by atoms with van der Waals surface area (Å²) in [4.78, 5) is 22.2. The van der Waals surface area contributed by atoms with Crippen LogP contribution in [0.5, 0.6) is 0 Å². The molecule has 0 spiro atoms. The molecule has 1 aliphatic heterocycles. The number of methoxy groups -OCH3 is 1. The monoisotopic (exact) mass is 216 g/mol. The third-order valence-electron chi connectivity index (χ3n) is 2.32. The lowest BCUT2D eigenvalue weighted by molar-refractivity contribution is -0.150. The van der Waals surface area contributed by atoms with Gasteiger partial charge in [0.25, 0.3) is 0 Å². The van der Waals surface area contributed by atoms with Crippen molar-refractivity contribution in [3.8, 4) is 0 Å². The van der Waals surface area contributed by atoms with E-state index < -0.39 is 12.1 Å². The van der Waals surface area contributed by atoms with Crippen LogP contribution >= 0.6 is 0 Å². The molecule has 0 saturated carbocycles. The minimum absolute atomic E-state index is 0.107. The van der Waals surface area contributed by atoms with Crippen molar-refractivity contribution in [3.05, 3.63) is 0 Å². The summed E-state index contributed by atoms with van der Waals surface area (Å²) in [5.41, 5.74) is 0. The first-order chi connectivity index (χ1) is 7.15. The van der Waals surface area contributed by atoms with E-state index in [1.54, 1.807) is 0 Å². The second kappa shape index (κ2) is 5.67. The molecule has 15 heavy (non-hydrogen) atoms. The van der Waals surface area contributed by atoms with E-state index >= 15 is 0 Å². The van der Waals surface area contributed by atoms with Gasteiger partial charge in [0, 0.05) is 0 Å². The van der Waals surface area contributed by atoms with Crippen molar-refractivity contribution in [1.29, 1.82) is 0 Å². The van der Waals surface area contributed by atoms with Gasteiger partial charge in [-0.3, -0.25) is 4.79 Å². The van der Waals surface area contributed by atoms with Crippen LogP contribution in [0.25, 0.3) is 0 Å². The molecule has 6 nitrogen and oxygen atoms in total. The van der Waals surface area contributed by atoms with Crippen LogP contribution in [0.15, 0.2) is 0 Å². The fraction of sp³-hybridized carbons (Fsp3) is 0.778. The maximum absolute atomic E-state index is 11.4. The second-order valence-electron chi connectivity index (χ2n) is 3.43. The molecule has 86 valence electrons. The van der Waals surface area contributed by atoms with Gasteiger partial charge in [0.15, 0.2) is 6.10 Å². The van der Waals surface area contributed by atoms with Gasteiger partial charge in [-0.2, -0.15) is 0 Å². The number of rotatable bonds is 4. The number of esters is 1. The van der Waals surface area contributed by atoms with Gasteiger partial charge in [-0.15, -0.1) is 0 Å². The quantitative estimate of drug-likeness (QED) is 0.492. The summed E-state index contributed by atoms with van der Waals surface area (Å²) in [6.07, 6.45) is 0.470. The number of amides is 1. The number of ether oxygens (including phenoxy) is 1. The van der Waals surface area contributed by atoms with E-state index in [0.29, 0.717) is 0 Å². The molecule has 0 aliphatic carbocycles. The van der Waals surface area contributed by atoms with Crippen LogP contribution in [0.4, 0.5) is 0 Å². The molecular formula is C9H16N2O4. The molecule has 1 unspecified atom stereocenters. The smallest absolute Gasteiger partial charge is 0.336 e. The van der Waals surface area contributed by atoms with E-state index in [0.717, 1.165) is 19.4 Å². The van der Waals surface area contributed by atoms with E-state index in [1.807, 2.05) is 0 Å². The summed E-state index contributed by atoms with van der Waals surface area (Å²) in [5, 5.41) is 14.7. The standard InChI is InChI=1S/C9H16N2O4/c1-15-9(14)7(12)5-11-8(13)6-3-2-4-10-6/h6-7,10,12H,2-5H2,1H3,(H,11,13)/t6-,7?/m0/s1. The summed E-state index contributed by atoms with van der Waals surface area (Å²) in [6.45, 7) is 0.724. The van der Waals surface area contributed by atoms with E-state index in [2.05, 4.69) is 15.4 Å². The lowest BCUT2D eigenvalue weighted by Crippen LogP contribution is -2.45. The van der Waals surface area contributed by atoms with Crippen molar-refractivity contribution in [3.63, 3.8) is 0 Å².